The number of carbonyl (C=O) groups is 1. The van der Waals surface area contributed by atoms with Crippen LogP contribution < -0.4 is 0 Å². The van der Waals surface area contributed by atoms with E-state index >= 15 is 0 Å². The summed E-state index contributed by atoms with van der Waals surface area (Å²) in [6.45, 7) is 5.33. The maximum absolute atomic E-state index is 12.0. The average Bonchev–Trinajstić information content (AvgIpc) is 3.15. The van der Waals surface area contributed by atoms with Gasteiger partial charge in [-0.05, 0) is 95.8 Å². The van der Waals surface area contributed by atoms with E-state index in [9.17, 15) is 4.79 Å². The zero-order chi connectivity index (χ0) is 22.1. The molecule has 1 heterocycles. The topological polar surface area (TPSA) is 88.0 Å². The maximum Gasteiger partial charge on any atom is 0.305 e. The lowest BCUT2D eigenvalue weighted by Crippen LogP contribution is -2.52. The van der Waals surface area contributed by atoms with Crippen molar-refractivity contribution >= 4 is 11.5 Å². The fourth-order valence-corrected chi connectivity index (χ4v) is 7.37. The molecule has 0 radical (unpaired) electrons. The molecule has 4 rings (SSSR count). The van der Waals surface area contributed by atoms with Crippen LogP contribution in [0, 0.1) is 34.5 Å². The summed E-state index contributed by atoms with van der Waals surface area (Å²) in [4.78, 5) is 19.4. The molecule has 0 amide bonds. The van der Waals surface area contributed by atoms with Gasteiger partial charge >= 0.3 is 5.97 Å². The van der Waals surface area contributed by atoms with Crippen LogP contribution in [0.2, 0.25) is 0 Å². The molecule has 3 aliphatic rings. The van der Waals surface area contributed by atoms with Gasteiger partial charge in [0.25, 0.3) is 0 Å². The Balaban J connectivity index is 1.61. The summed E-state index contributed by atoms with van der Waals surface area (Å²) in [6.07, 6.45) is 13.2. The second-order valence-electron chi connectivity index (χ2n) is 10.2. The second kappa shape index (κ2) is 8.66. The number of hydrogen-bond donors (Lipinski definition) is 0. The summed E-state index contributed by atoms with van der Waals surface area (Å²) in [7, 11) is 1.46. The van der Waals surface area contributed by atoms with Crippen LogP contribution in [0.15, 0.2) is 35.7 Å². The molecule has 2 saturated carbocycles. The first-order valence-corrected chi connectivity index (χ1v) is 11.6. The Labute approximate surface area is 185 Å². The third-order valence-electron chi connectivity index (χ3n) is 9.08. The monoisotopic (exact) mass is 422 g/mol. The number of nitrogens with zero attached hydrogens (tertiary/aromatic N) is 4. The third kappa shape index (κ3) is 3.76. The summed E-state index contributed by atoms with van der Waals surface area (Å²) in [5.74, 6) is 1.98. The highest BCUT2D eigenvalue weighted by molar-refractivity contribution is 5.72. The van der Waals surface area contributed by atoms with Gasteiger partial charge in [0, 0.05) is 30.3 Å². The van der Waals surface area contributed by atoms with Crippen molar-refractivity contribution in [2.75, 3.05) is 13.7 Å². The Hall–Kier alpha value is -2.33. The number of esters is 1. The van der Waals surface area contributed by atoms with Crippen LogP contribution >= 0.6 is 0 Å². The minimum absolute atomic E-state index is 0.0102. The molecule has 0 saturated heterocycles. The molecule has 1 aromatic rings. The first-order valence-electron chi connectivity index (χ1n) is 11.6. The van der Waals surface area contributed by atoms with Gasteiger partial charge in [0.1, 0.15) is 0 Å². The molecule has 0 N–H and O–H groups in total. The molecule has 6 atom stereocenters. The van der Waals surface area contributed by atoms with Crippen LogP contribution in [0.3, 0.4) is 0 Å². The van der Waals surface area contributed by atoms with E-state index in [-0.39, 0.29) is 16.8 Å². The van der Waals surface area contributed by atoms with E-state index in [4.69, 9.17) is 10.3 Å². The van der Waals surface area contributed by atoms with E-state index in [1.807, 2.05) is 18.5 Å². The van der Waals surface area contributed by atoms with Crippen molar-refractivity contribution in [2.45, 2.75) is 58.8 Å². The van der Waals surface area contributed by atoms with Crippen LogP contribution in [0.4, 0.5) is 0 Å². The molecule has 6 heteroatoms. The first kappa shape index (κ1) is 21.9. The first-order chi connectivity index (χ1) is 14.9. The zero-order valence-electron chi connectivity index (χ0n) is 19.0. The summed E-state index contributed by atoms with van der Waals surface area (Å²) in [5, 5.41) is 3.95. The highest BCUT2D eigenvalue weighted by atomic mass is 16.5. The van der Waals surface area contributed by atoms with Crippen molar-refractivity contribution in [1.82, 2.24) is 4.98 Å². The molecule has 0 unspecified atom stereocenters. The highest BCUT2D eigenvalue weighted by Gasteiger charge is 2.57. The maximum atomic E-state index is 12.0. The van der Waals surface area contributed by atoms with E-state index in [1.165, 1.54) is 24.7 Å². The molecule has 0 spiro atoms. The lowest BCUT2D eigenvalue weighted by atomic mass is 9.46. The van der Waals surface area contributed by atoms with Crippen molar-refractivity contribution in [1.29, 1.82) is 0 Å². The Morgan fingerprint density at radius 1 is 1.32 bits per heavy atom. The van der Waals surface area contributed by atoms with Gasteiger partial charge in [-0.25, -0.2) is 0 Å². The van der Waals surface area contributed by atoms with Gasteiger partial charge in [-0.2, -0.15) is 0 Å². The molecule has 166 valence electrons. The Kier molecular flexibility index (Phi) is 6.11. The van der Waals surface area contributed by atoms with E-state index < -0.39 is 0 Å². The Bertz CT molecular complexity index is 894. The van der Waals surface area contributed by atoms with Gasteiger partial charge in [-0.1, -0.05) is 31.1 Å². The van der Waals surface area contributed by atoms with Gasteiger partial charge in [-0.3, -0.25) is 9.78 Å². The van der Waals surface area contributed by atoms with Crippen molar-refractivity contribution in [3.05, 3.63) is 46.6 Å². The standard InChI is InChI=1S/C25H34N4O2/c1-24(13-11-23(30)31-3)18(16-28-29-26)6-7-19-21-9-8-20(17-5-4-14-27-15-17)25(21,2)12-10-22(19)24/h4-5,8,14-15,18-19,21-22H,6-7,9-13,16H2,1-3H3/t18-,19-,21-,22-,24-,25+/m0/s1. The number of carbonyl (C=O) groups excluding carboxylic acids is 1. The molecule has 2 fully saturated rings. The lowest BCUT2D eigenvalue weighted by Gasteiger charge is -2.59. The minimum Gasteiger partial charge on any atom is -0.469 e. The molecule has 0 aromatic carbocycles. The average molecular weight is 423 g/mol. The molecule has 3 aliphatic carbocycles. The number of azide groups is 1. The van der Waals surface area contributed by atoms with E-state index in [0.29, 0.717) is 36.6 Å². The summed E-state index contributed by atoms with van der Waals surface area (Å²) in [6, 6.07) is 4.22. The number of allylic oxidation sites excluding steroid dienone is 2. The predicted octanol–water partition coefficient (Wildman–Crippen LogP) is 6.20. The van der Waals surface area contributed by atoms with Gasteiger partial charge in [0.2, 0.25) is 0 Å². The van der Waals surface area contributed by atoms with Crippen molar-refractivity contribution in [3.63, 3.8) is 0 Å². The summed E-state index contributed by atoms with van der Waals surface area (Å²) < 4.78 is 4.95. The number of methoxy groups -OCH3 is 1. The third-order valence-corrected chi connectivity index (χ3v) is 9.08. The van der Waals surface area contributed by atoms with E-state index in [0.717, 1.165) is 32.1 Å². The van der Waals surface area contributed by atoms with Gasteiger partial charge in [-0.15, -0.1) is 0 Å². The van der Waals surface area contributed by atoms with Crippen LogP contribution in [0.25, 0.3) is 16.0 Å². The lowest BCUT2D eigenvalue weighted by molar-refractivity contribution is -0.143. The predicted molar refractivity (Wildman–Crippen MR) is 121 cm³/mol. The zero-order valence-corrected chi connectivity index (χ0v) is 19.0. The largest absolute Gasteiger partial charge is 0.469 e. The van der Waals surface area contributed by atoms with Crippen LogP contribution in [-0.2, 0) is 9.53 Å². The van der Waals surface area contributed by atoms with Gasteiger partial charge < -0.3 is 4.74 Å². The van der Waals surface area contributed by atoms with E-state index in [2.05, 4.69) is 41.0 Å². The minimum atomic E-state index is -0.145. The van der Waals surface area contributed by atoms with Crippen molar-refractivity contribution < 1.29 is 9.53 Å². The molecule has 31 heavy (non-hydrogen) atoms. The normalized spacial score (nSPS) is 36.5. The number of ether oxygens (including phenoxy) is 1. The quantitative estimate of drug-likeness (QED) is 0.237. The number of fused-ring (bicyclic) bond motifs is 3. The molecular weight excluding hydrogens is 388 g/mol. The summed E-state index contributed by atoms with van der Waals surface area (Å²) in [5.41, 5.74) is 11.8. The molecule has 1 aromatic heterocycles. The van der Waals surface area contributed by atoms with Crippen LogP contribution in [0.5, 0.6) is 0 Å². The highest BCUT2D eigenvalue weighted by Crippen LogP contribution is 2.66. The van der Waals surface area contributed by atoms with Crippen molar-refractivity contribution in [2.24, 2.45) is 39.6 Å². The number of pyridine rings is 1. The summed E-state index contributed by atoms with van der Waals surface area (Å²) >= 11 is 0. The fraction of sp³-hybridized carbons (Fsp3) is 0.680. The Morgan fingerprint density at radius 3 is 2.87 bits per heavy atom. The number of rotatable bonds is 6. The fourth-order valence-electron chi connectivity index (χ4n) is 7.37. The van der Waals surface area contributed by atoms with Gasteiger partial charge in [0.05, 0.1) is 7.11 Å². The molecular formula is C25H34N4O2. The van der Waals surface area contributed by atoms with Crippen LogP contribution in [0.1, 0.15) is 64.4 Å². The van der Waals surface area contributed by atoms with E-state index in [1.54, 1.807) is 0 Å². The van der Waals surface area contributed by atoms with Gasteiger partial charge in [0.15, 0.2) is 0 Å². The number of aromatic nitrogens is 1. The number of hydrogen-bond acceptors (Lipinski definition) is 4. The SMILES string of the molecule is COC(=O)CC[C@@]1(C)[C@H](CN=[N+]=[N-])CC[C@@H]2[C@@H]1CC[C@]1(C)C(c3cccnc3)=CC[C@@H]21. The second-order valence-corrected chi connectivity index (χ2v) is 10.2. The molecule has 0 bridgehead atoms. The molecule has 0 aliphatic heterocycles. The van der Waals surface area contributed by atoms with Crippen molar-refractivity contribution in [3.8, 4) is 0 Å². The molecule has 6 nitrogen and oxygen atoms in total. The van der Waals surface area contributed by atoms with Crippen LogP contribution in [-0.4, -0.2) is 24.6 Å². The smallest absolute Gasteiger partial charge is 0.305 e. The Morgan fingerprint density at radius 2 is 2.16 bits per heavy atom.